The van der Waals surface area contributed by atoms with E-state index in [1.807, 2.05) is 0 Å². The summed E-state index contributed by atoms with van der Waals surface area (Å²) in [6, 6.07) is 0. The van der Waals surface area contributed by atoms with Gasteiger partial charge in [0.2, 0.25) is 0 Å². The molecule has 0 spiro atoms. The molecular formula is C6H4F10OS. The van der Waals surface area contributed by atoms with Crippen molar-refractivity contribution in [2.24, 2.45) is 0 Å². The summed E-state index contributed by atoms with van der Waals surface area (Å²) in [7, 11) is 0. The largest absolute Gasteiger partial charge is 0.462 e. The minimum atomic E-state index is -6.81. The average Bonchev–Trinajstić information content (AvgIpc) is 2.14. The summed E-state index contributed by atoms with van der Waals surface area (Å²) in [6.45, 7) is 0. The molecule has 0 bridgehead atoms. The molecule has 0 radical (unpaired) electrons. The Morgan fingerprint density at radius 3 is 1.56 bits per heavy atom. The van der Waals surface area contributed by atoms with Crippen molar-refractivity contribution in [2.75, 3.05) is 6.26 Å². The molecule has 12 heteroatoms. The first-order valence-corrected chi connectivity index (χ1v) is 4.98. The smallest absolute Gasteiger partial charge is 0.273 e. The SMILES string of the molecule is CSC(F)(F)C(F)OC(F)(F)C(F)(F)C(F)(F)F. The second-order valence-corrected chi connectivity index (χ2v) is 3.74. The summed E-state index contributed by atoms with van der Waals surface area (Å²) in [5.74, 6) is -6.81. The van der Waals surface area contributed by atoms with Crippen LogP contribution in [0.25, 0.3) is 0 Å². The van der Waals surface area contributed by atoms with Gasteiger partial charge in [-0.25, -0.2) is 4.39 Å². The normalized spacial score (nSPS) is 16.8. The predicted molar refractivity (Wildman–Crippen MR) is 40.4 cm³/mol. The van der Waals surface area contributed by atoms with Crippen molar-refractivity contribution in [3.05, 3.63) is 0 Å². The average molecular weight is 314 g/mol. The zero-order valence-electron chi connectivity index (χ0n) is 8.17. The Kier molecular flexibility index (Phi) is 4.84. The van der Waals surface area contributed by atoms with Crippen LogP contribution >= 0.6 is 11.8 Å². The van der Waals surface area contributed by atoms with Gasteiger partial charge in [0.1, 0.15) is 0 Å². The molecule has 1 unspecified atom stereocenters. The van der Waals surface area contributed by atoms with Crippen LogP contribution < -0.4 is 0 Å². The lowest BCUT2D eigenvalue weighted by Gasteiger charge is -2.30. The van der Waals surface area contributed by atoms with Crippen molar-refractivity contribution < 1.29 is 48.6 Å². The van der Waals surface area contributed by atoms with E-state index in [-0.39, 0.29) is 0 Å². The molecule has 0 aliphatic rings. The van der Waals surface area contributed by atoms with E-state index >= 15 is 0 Å². The highest BCUT2D eigenvalue weighted by Gasteiger charge is 2.75. The van der Waals surface area contributed by atoms with Crippen LogP contribution in [0.1, 0.15) is 0 Å². The molecule has 0 aromatic carbocycles. The van der Waals surface area contributed by atoms with E-state index < -0.39 is 41.6 Å². The Morgan fingerprint density at radius 2 is 1.28 bits per heavy atom. The van der Waals surface area contributed by atoms with Gasteiger partial charge in [0, 0.05) is 0 Å². The summed E-state index contributed by atoms with van der Waals surface area (Å²) >= 11 is -0.699. The Labute approximate surface area is 97.5 Å². The summed E-state index contributed by atoms with van der Waals surface area (Å²) < 4.78 is 123. The van der Waals surface area contributed by atoms with Gasteiger partial charge in [-0.3, -0.25) is 4.74 Å². The highest BCUT2D eigenvalue weighted by molar-refractivity contribution is 7.99. The molecule has 0 saturated carbocycles. The third-order valence-electron chi connectivity index (χ3n) is 1.51. The first kappa shape index (κ1) is 17.6. The minimum absolute atomic E-state index is 0.510. The van der Waals surface area contributed by atoms with Gasteiger partial charge in [0.15, 0.2) is 0 Å². The van der Waals surface area contributed by atoms with E-state index in [1.54, 1.807) is 0 Å². The standard InChI is InChI=1S/C6H4F10OS/c1-18-3(8,9)2(7)17-6(15,16)4(10,11)5(12,13)14/h2H,1H3. The zero-order chi connectivity index (χ0) is 15.0. The molecule has 0 fully saturated rings. The van der Waals surface area contributed by atoms with Crippen LogP contribution in [0.2, 0.25) is 0 Å². The number of alkyl halides is 10. The van der Waals surface area contributed by atoms with Gasteiger partial charge >= 0.3 is 23.5 Å². The molecule has 110 valence electrons. The number of hydrogen-bond acceptors (Lipinski definition) is 2. The summed E-state index contributed by atoms with van der Waals surface area (Å²) in [4.78, 5) is 0. The predicted octanol–water partition coefficient (Wildman–Crippen LogP) is 4.04. The molecule has 0 rings (SSSR count). The maximum absolute atomic E-state index is 12.4. The lowest BCUT2D eigenvalue weighted by atomic mass is 10.3. The molecule has 0 N–H and O–H groups in total. The fraction of sp³-hybridized carbons (Fsp3) is 1.00. The molecule has 0 aliphatic heterocycles. The first-order chi connectivity index (χ1) is 7.69. The molecule has 0 saturated heterocycles. The van der Waals surface area contributed by atoms with Crippen LogP contribution in [0, 0.1) is 0 Å². The Hall–Kier alpha value is -0.390. The number of ether oxygens (including phenoxy) is 1. The second-order valence-electron chi connectivity index (χ2n) is 2.79. The van der Waals surface area contributed by atoms with E-state index in [1.165, 1.54) is 0 Å². The third kappa shape index (κ3) is 3.33. The van der Waals surface area contributed by atoms with Crippen LogP contribution in [0.15, 0.2) is 0 Å². The summed E-state index contributed by atoms with van der Waals surface area (Å²) in [5.41, 5.74) is 0. The Morgan fingerprint density at radius 1 is 0.889 bits per heavy atom. The van der Waals surface area contributed by atoms with Crippen LogP contribution in [0.5, 0.6) is 0 Å². The van der Waals surface area contributed by atoms with E-state index in [4.69, 9.17) is 0 Å². The van der Waals surface area contributed by atoms with E-state index in [0.717, 1.165) is 0 Å². The van der Waals surface area contributed by atoms with Crippen molar-refractivity contribution in [3.8, 4) is 0 Å². The number of halogens is 10. The molecule has 0 aromatic heterocycles. The van der Waals surface area contributed by atoms with Gasteiger partial charge in [-0.15, -0.1) is 0 Å². The molecule has 1 atom stereocenters. The van der Waals surface area contributed by atoms with Crippen molar-refractivity contribution in [2.45, 2.75) is 29.8 Å². The van der Waals surface area contributed by atoms with Crippen LogP contribution in [0.3, 0.4) is 0 Å². The fourth-order valence-electron chi connectivity index (χ4n) is 0.530. The lowest BCUT2D eigenvalue weighted by molar-refractivity contribution is -0.446. The monoisotopic (exact) mass is 314 g/mol. The highest BCUT2D eigenvalue weighted by Crippen LogP contribution is 2.49. The van der Waals surface area contributed by atoms with Crippen molar-refractivity contribution in [1.29, 1.82) is 0 Å². The van der Waals surface area contributed by atoms with Gasteiger partial charge in [-0.05, 0) is 6.26 Å². The zero-order valence-corrected chi connectivity index (χ0v) is 8.99. The van der Waals surface area contributed by atoms with Gasteiger partial charge < -0.3 is 0 Å². The quantitative estimate of drug-likeness (QED) is 0.708. The molecule has 0 aromatic rings. The first-order valence-electron chi connectivity index (χ1n) is 3.76. The molecule has 0 amide bonds. The minimum Gasteiger partial charge on any atom is -0.273 e. The van der Waals surface area contributed by atoms with Gasteiger partial charge in [0.25, 0.3) is 6.36 Å². The molecule has 0 heterocycles. The Balaban J connectivity index is 5.09. The van der Waals surface area contributed by atoms with Crippen molar-refractivity contribution in [3.63, 3.8) is 0 Å². The lowest BCUT2D eigenvalue weighted by Crippen LogP contribution is -2.55. The van der Waals surface area contributed by atoms with Gasteiger partial charge in [-0.2, -0.15) is 39.5 Å². The van der Waals surface area contributed by atoms with Crippen LogP contribution in [-0.2, 0) is 4.74 Å². The fourth-order valence-corrected chi connectivity index (χ4v) is 0.764. The number of thioether (sulfide) groups is 1. The number of rotatable bonds is 5. The maximum Gasteiger partial charge on any atom is 0.462 e. The number of hydrogen-bond donors (Lipinski definition) is 0. The van der Waals surface area contributed by atoms with Crippen molar-refractivity contribution in [1.82, 2.24) is 0 Å². The maximum atomic E-state index is 12.4. The second kappa shape index (κ2) is 4.94. The topological polar surface area (TPSA) is 9.23 Å². The Bertz CT molecular complexity index is 287. The molecule has 1 nitrogen and oxygen atoms in total. The van der Waals surface area contributed by atoms with E-state index in [9.17, 15) is 43.9 Å². The molecular weight excluding hydrogens is 310 g/mol. The van der Waals surface area contributed by atoms with E-state index in [2.05, 4.69) is 4.74 Å². The third-order valence-corrected chi connectivity index (χ3v) is 2.24. The molecule has 0 aliphatic carbocycles. The van der Waals surface area contributed by atoms with Crippen molar-refractivity contribution >= 4 is 11.8 Å². The summed E-state index contributed by atoms with van der Waals surface area (Å²) in [6.07, 6.45) is -17.1. The van der Waals surface area contributed by atoms with Gasteiger partial charge in [0.05, 0.1) is 0 Å². The van der Waals surface area contributed by atoms with Gasteiger partial charge in [-0.1, -0.05) is 11.8 Å². The van der Waals surface area contributed by atoms with E-state index in [0.29, 0.717) is 6.26 Å². The molecule has 18 heavy (non-hydrogen) atoms. The van der Waals surface area contributed by atoms with Crippen LogP contribution in [0.4, 0.5) is 43.9 Å². The summed E-state index contributed by atoms with van der Waals surface area (Å²) in [5, 5.41) is -4.70. The highest BCUT2D eigenvalue weighted by atomic mass is 32.2. The van der Waals surface area contributed by atoms with Crippen LogP contribution in [-0.4, -0.2) is 36.1 Å².